The highest BCUT2D eigenvalue weighted by molar-refractivity contribution is 6.42. The van der Waals surface area contributed by atoms with E-state index in [1.165, 1.54) is 18.2 Å². The van der Waals surface area contributed by atoms with Gasteiger partial charge in [-0.25, -0.2) is 5.43 Å². The Labute approximate surface area is 266 Å². The molecule has 5 rings (SSSR count). The molecule has 7 nitrogen and oxygen atoms in total. The number of rotatable bonds is 9. The van der Waals surface area contributed by atoms with E-state index in [0.717, 1.165) is 66.4 Å². The number of aryl methyl sites for hydroxylation is 1. The van der Waals surface area contributed by atoms with Crippen molar-refractivity contribution in [3.8, 4) is 22.6 Å². The van der Waals surface area contributed by atoms with Gasteiger partial charge >= 0.3 is 0 Å². The maximum atomic E-state index is 12.5. The first kappa shape index (κ1) is 30.7. The number of benzene rings is 4. The van der Waals surface area contributed by atoms with Crippen molar-refractivity contribution in [2.75, 3.05) is 44.2 Å². The molecule has 0 aromatic heterocycles. The van der Waals surface area contributed by atoms with Gasteiger partial charge in [0.1, 0.15) is 18.1 Å². The standard InChI is InChI=1S/C33H31Cl3N4O3/c1-22-17-23(21-37-38-33(42)25-7-10-31(41)30(36)19-25)18-27(24-5-3-2-4-6-24)32(22)43-16-15-39-11-13-40(14-12-39)26-8-9-28(34)29(35)20-26/h2-10,17-21,41H,11-16H2,1H3,(H,38,42)/b37-21-. The number of phenolic OH excluding ortho intramolecular Hbond substituents is 1. The quantitative estimate of drug-likeness (QED) is 0.149. The van der Waals surface area contributed by atoms with Crippen LogP contribution < -0.4 is 15.1 Å². The third kappa shape index (κ3) is 7.80. The zero-order valence-electron chi connectivity index (χ0n) is 23.6. The molecule has 1 fully saturated rings. The summed E-state index contributed by atoms with van der Waals surface area (Å²) in [4.78, 5) is 17.2. The fraction of sp³-hybridized carbons (Fsp3) is 0.212. The Bertz CT molecular complexity index is 1620. The molecule has 1 amide bonds. The molecule has 1 aliphatic heterocycles. The number of amides is 1. The third-order valence-corrected chi connectivity index (χ3v) is 8.31. The number of nitrogens with zero attached hydrogens (tertiary/aromatic N) is 3. The topological polar surface area (TPSA) is 77.4 Å². The van der Waals surface area contributed by atoms with Crippen molar-refractivity contribution in [3.05, 3.63) is 111 Å². The summed E-state index contributed by atoms with van der Waals surface area (Å²) in [6, 6.07) is 24.0. The maximum absolute atomic E-state index is 12.5. The Morgan fingerprint density at radius 3 is 2.42 bits per heavy atom. The fourth-order valence-corrected chi connectivity index (χ4v) is 5.44. The van der Waals surface area contributed by atoms with Gasteiger partial charge in [0.05, 0.1) is 21.3 Å². The average molecular weight is 638 g/mol. The van der Waals surface area contributed by atoms with Crippen LogP contribution in [0.2, 0.25) is 15.1 Å². The number of piperazine rings is 1. The van der Waals surface area contributed by atoms with Gasteiger partial charge < -0.3 is 14.7 Å². The van der Waals surface area contributed by atoms with Gasteiger partial charge in [0.2, 0.25) is 0 Å². The lowest BCUT2D eigenvalue weighted by molar-refractivity contribution is 0.0955. The minimum Gasteiger partial charge on any atom is -0.506 e. The van der Waals surface area contributed by atoms with Crippen LogP contribution in [0.15, 0.2) is 84.0 Å². The van der Waals surface area contributed by atoms with Crippen molar-refractivity contribution in [3.63, 3.8) is 0 Å². The number of ether oxygens (including phenoxy) is 1. The van der Waals surface area contributed by atoms with Crippen molar-refractivity contribution in [1.29, 1.82) is 0 Å². The van der Waals surface area contributed by atoms with Crippen LogP contribution in [-0.2, 0) is 0 Å². The van der Waals surface area contributed by atoms with Crippen LogP contribution in [-0.4, -0.2) is 61.5 Å². The predicted molar refractivity (Wildman–Crippen MR) is 175 cm³/mol. The fourth-order valence-electron chi connectivity index (χ4n) is 4.97. The van der Waals surface area contributed by atoms with Crippen molar-refractivity contribution in [1.82, 2.24) is 10.3 Å². The number of hydrogen-bond donors (Lipinski definition) is 2. The molecule has 43 heavy (non-hydrogen) atoms. The van der Waals surface area contributed by atoms with Crippen molar-refractivity contribution >= 4 is 52.6 Å². The Hall–Kier alpha value is -3.75. The molecule has 1 aliphatic rings. The van der Waals surface area contributed by atoms with E-state index >= 15 is 0 Å². The summed E-state index contributed by atoms with van der Waals surface area (Å²) < 4.78 is 6.41. The molecule has 0 spiro atoms. The van der Waals surface area contributed by atoms with E-state index < -0.39 is 5.91 Å². The summed E-state index contributed by atoms with van der Waals surface area (Å²) in [6.45, 7) is 7.00. The second-order valence-electron chi connectivity index (χ2n) is 10.2. The largest absolute Gasteiger partial charge is 0.506 e. The SMILES string of the molecule is Cc1cc(/C=N\NC(=O)c2ccc(O)c(Cl)c2)cc(-c2ccccc2)c1OCCN1CCN(c2ccc(Cl)c(Cl)c2)CC1. The van der Waals surface area contributed by atoms with E-state index in [-0.39, 0.29) is 10.8 Å². The van der Waals surface area contributed by atoms with Crippen LogP contribution in [0.3, 0.4) is 0 Å². The lowest BCUT2D eigenvalue weighted by Crippen LogP contribution is -2.47. The highest BCUT2D eigenvalue weighted by atomic mass is 35.5. The molecule has 0 unspecified atom stereocenters. The first-order chi connectivity index (χ1) is 20.8. The van der Waals surface area contributed by atoms with Gasteiger partial charge in [0.25, 0.3) is 5.91 Å². The van der Waals surface area contributed by atoms with Crippen LogP contribution in [0.1, 0.15) is 21.5 Å². The zero-order valence-corrected chi connectivity index (χ0v) is 25.8. The molecule has 1 heterocycles. The molecule has 222 valence electrons. The number of anilines is 1. The van der Waals surface area contributed by atoms with Crippen LogP contribution in [0, 0.1) is 6.92 Å². The first-order valence-corrected chi connectivity index (χ1v) is 15.0. The number of carbonyl (C=O) groups excluding carboxylic acids is 1. The van der Waals surface area contributed by atoms with Gasteiger partial charge in [-0.15, -0.1) is 0 Å². The molecule has 0 aliphatic carbocycles. The molecule has 10 heteroatoms. The van der Waals surface area contributed by atoms with E-state index in [1.54, 1.807) is 6.21 Å². The van der Waals surface area contributed by atoms with Gasteiger partial charge in [-0.2, -0.15) is 5.10 Å². The third-order valence-electron chi connectivity index (χ3n) is 7.27. The Morgan fingerprint density at radius 2 is 1.70 bits per heavy atom. The molecule has 2 N–H and O–H groups in total. The first-order valence-electron chi connectivity index (χ1n) is 13.9. The van der Waals surface area contributed by atoms with Gasteiger partial charge in [-0.05, 0) is 72.1 Å². The van der Waals surface area contributed by atoms with Crippen LogP contribution in [0.25, 0.3) is 11.1 Å². The normalized spacial score (nSPS) is 13.8. The smallest absolute Gasteiger partial charge is 0.271 e. The van der Waals surface area contributed by atoms with E-state index in [0.29, 0.717) is 22.2 Å². The van der Waals surface area contributed by atoms with Crippen LogP contribution in [0.5, 0.6) is 11.5 Å². The lowest BCUT2D eigenvalue weighted by Gasteiger charge is -2.36. The summed E-state index contributed by atoms with van der Waals surface area (Å²) in [5.74, 6) is 0.298. The number of nitrogens with one attached hydrogen (secondary N) is 1. The minimum absolute atomic E-state index is 0.0876. The number of aromatic hydroxyl groups is 1. The van der Waals surface area contributed by atoms with E-state index in [2.05, 4.69) is 20.3 Å². The molecule has 0 bridgehead atoms. The van der Waals surface area contributed by atoms with Crippen molar-refractivity contribution in [2.24, 2.45) is 5.10 Å². The molecular formula is C33H31Cl3N4O3. The summed E-state index contributed by atoms with van der Waals surface area (Å²) >= 11 is 18.2. The monoisotopic (exact) mass is 636 g/mol. The van der Waals surface area contributed by atoms with Gasteiger partial charge in [0.15, 0.2) is 0 Å². The molecular weight excluding hydrogens is 607 g/mol. The Morgan fingerprint density at radius 1 is 0.930 bits per heavy atom. The number of hydrazone groups is 1. The molecule has 4 aromatic rings. The van der Waals surface area contributed by atoms with E-state index in [4.69, 9.17) is 39.5 Å². The molecule has 0 atom stereocenters. The summed E-state index contributed by atoms with van der Waals surface area (Å²) in [6.07, 6.45) is 1.59. The van der Waals surface area contributed by atoms with Gasteiger partial charge in [-0.3, -0.25) is 9.69 Å². The summed E-state index contributed by atoms with van der Waals surface area (Å²) in [7, 11) is 0. The number of phenols is 1. The Balaban J connectivity index is 1.23. The molecule has 0 radical (unpaired) electrons. The van der Waals surface area contributed by atoms with Gasteiger partial charge in [0, 0.05) is 49.5 Å². The molecule has 0 saturated carbocycles. The second kappa shape index (κ2) is 14.1. The van der Waals surface area contributed by atoms with E-state index in [1.807, 2.05) is 67.6 Å². The number of halogens is 3. The minimum atomic E-state index is -0.434. The highest BCUT2D eigenvalue weighted by Crippen LogP contribution is 2.34. The second-order valence-corrected chi connectivity index (χ2v) is 11.4. The number of hydrogen-bond acceptors (Lipinski definition) is 6. The Kier molecular flexibility index (Phi) is 10.1. The van der Waals surface area contributed by atoms with Crippen LogP contribution in [0.4, 0.5) is 5.69 Å². The van der Waals surface area contributed by atoms with Crippen molar-refractivity contribution in [2.45, 2.75) is 6.92 Å². The maximum Gasteiger partial charge on any atom is 0.271 e. The lowest BCUT2D eigenvalue weighted by atomic mass is 9.99. The molecule has 4 aromatic carbocycles. The average Bonchev–Trinajstić information content (AvgIpc) is 3.01. The summed E-state index contributed by atoms with van der Waals surface area (Å²) in [5, 5.41) is 15.0. The molecule has 1 saturated heterocycles. The number of carbonyl (C=O) groups is 1. The predicted octanol–water partition coefficient (Wildman–Crippen LogP) is 7.29. The highest BCUT2D eigenvalue weighted by Gasteiger charge is 2.19. The van der Waals surface area contributed by atoms with Crippen molar-refractivity contribution < 1.29 is 14.6 Å². The van der Waals surface area contributed by atoms with Gasteiger partial charge in [-0.1, -0.05) is 65.1 Å². The summed E-state index contributed by atoms with van der Waals surface area (Å²) in [5.41, 5.74) is 7.63. The zero-order chi connectivity index (χ0) is 30.3. The van der Waals surface area contributed by atoms with Crippen LogP contribution >= 0.6 is 34.8 Å². The van der Waals surface area contributed by atoms with E-state index in [9.17, 15) is 9.90 Å².